The van der Waals surface area contributed by atoms with Gasteiger partial charge in [0.25, 0.3) is 0 Å². The highest BCUT2D eigenvalue weighted by Crippen LogP contribution is 2.49. The van der Waals surface area contributed by atoms with E-state index in [1.165, 1.54) is 18.0 Å². The number of nitrogens with zero attached hydrogens (tertiary/aromatic N) is 3. The van der Waals surface area contributed by atoms with Gasteiger partial charge in [-0.3, -0.25) is 9.55 Å². The van der Waals surface area contributed by atoms with Crippen molar-refractivity contribution in [2.75, 3.05) is 5.75 Å². The van der Waals surface area contributed by atoms with Gasteiger partial charge < -0.3 is 0 Å². The number of thioether (sulfide) groups is 1. The number of hydrogen-bond acceptors (Lipinski definition) is 4. The van der Waals surface area contributed by atoms with Crippen LogP contribution < -0.4 is 5.69 Å². The minimum atomic E-state index is -6.40. The Bertz CT molecular complexity index is 919. The van der Waals surface area contributed by atoms with Crippen molar-refractivity contribution in [3.63, 3.8) is 0 Å². The maximum Gasteiger partial charge on any atom is 0.379 e. The number of hydrogen-bond donors (Lipinski definition) is 0. The molecule has 0 aliphatic carbocycles. The first kappa shape index (κ1) is 23.1. The molecule has 0 saturated carbocycles. The number of aromatic nitrogens is 3. The average molecular weight is 447 g/mol. The van der Waals surface area contributed by atoms with E-state index in [-0.39, 0.29) is 16.0 Å². The maximum absolute atomic E-state index is 13.7. The third-order valence-electron chi connectivity index (χ3n) is 3.71. The van der Waals surface area contributed by atoms with E-state index in [0.29, 0.717) is 16.8 Å². The van der Waals surface area contributed by atoms with E-state index >= 15 is 0 Å². The topological polar surface area (TPSA) is 47.8 Å². The molecular formula is C16H13F8N3OS. The second kappa shape index (κ2) is 8.28. The van der Waals surface area contributed by atoms with E-state index in [1.807, 2.05) is 6.92 Å². The minimum absolute atomic E-state index is 0.0595. The van der Waals surface area contributed by atoms with E-state index < -0.39 is 36.4 Å². The molecule has 29 heavy (non-hydrogen) atoms. The summed E-state index contributed by atoms with van der Waals surface area (Å²) < 4.78 is 104. The zero-order valence-electron chi connectivity index (χ0n) is 14.6. The predicted octanol–water partition coefficient (Wildman–Crippen LogP) is 4.59. The van der Waals surface area contributed by atoms with Crippen LogP contribution in [0.15, 0.2) is 40.3 Å². The third kappa shape index (κ3) is 4.38. The maximum atomic E-state index is 13.7. The van der Waals surface area contributed by atoms with Crippen LogP contribution in [0.4, 0.5) is 35.1 Å². The molecule has 0 fully saturated rings. The van der Waals surface area contributed by atoms with Crippen LogP contribution in [0.5, 0.6) is 0 Å². The molecule has 0 radical (unpaired) electrons. The fraction of sp³-hybridized carbons (Fsp3) is 0.438. The van der Waals surface area contributed by atoms with Crippen LogP contribution in [0.1, 0.15) is 6.92 Å². The monoisotopic (exact) mass is 447 g/mol. The van der Waals surface area contributed by atoms with Gasteiger partial charge in [0, 0.05) is 17.3 Å². The summed E-state index contributed by atoms with van der Waals surface area (Å²) in [6, 6.07) is 4.27. The zero-order chi connectivity index (χ0) is 22.0. The van der Waals surface area contributed by atoms with Gasteiger partial charge in [-0.1, -0.05) is 6.92 Å². The highest BCUT2D eigenvalue weighted by molar-refractivity contribution is 7.99. The molecule has 13 heteroatoms. The lowest BCUT2D eigenvalue weighted by molar-refractivity contribution is -0.341. The highest BCUT2D eigenvalue weighted by Gasteiger charge is 2.75. The number of rotatable bonds is 8. The van der Waals surface area contributed by atoms with Gasteiger partial charge in [-0.2, -0.15) is 31.3 Å². The van der Waals surface area contributed by atoms with Gasteiger partial charge in [-0.25, -0.2) is 13.6 Å². The largest absolute Gasteiger partial charge is 0.379 e. The Labute approximate surface area is 163 Å². The van der Waals surface area contributed by atoms with Crippen molar-refractivity contribution >= 4 is 11.8 Å². The summed E-state index contributed by atoms with van der Waals surface area (Å²) in [6.45, 7) is -0.433. The Kier molecular flexibility index (Phi) is 6.60. The van der Waals surface area contributed by atoms with Crippen LogP contribution in [0, 0.1) is 0 Å². The van der Waals surface area contributed by atoms with Gasteiger partial charge in [0.05, 0.1) is 12.2 Å². The third-order valence-corrected chi connectivity index (χ3v) is 4.64. The van der Waals surface area contributed by atoms with E-state index in [0.717, 1.165) is 6.07 Å². The molecule has 0 unspecified atom stereocenters. The molecule has 0 atom stereocenters. The molecule has 0 saturated heterocycles. The van der Waals surface area contributed by atoms with Crippen molar-refractivity contribution in [2.24, 2.45) is 0 Å². The lowest BCUT2D eigenvalue weighted by atomic mass is 10.0. The van der Waals surface area contributed by atoms with Gasteiger partial charge in [-0.15, -0.1) is 11.8 Å². The first-order valence-electron chi connectivity index (χ1n) is 7.92. The van der Waals surface area contributed by atoms with Crippen molar-refractivity contribution in [3.05, 3.63) is 41.1 Å². The summed E-state index contributed by atoms with van der Waals surface area (Å²) >= 11 is 1.34. The van der Waals surface area contributed by atoms with E-state index in [2.05, 4.69) is 9.97 Å². The molecule has 0 amide bonds. The van der Waals surface area contributed by atoms with Crippen molar-refractivity contribution < 1.29 is 35.1 Å². The molecule has 0 N–H and O–H groups in total. The summed E-state index contributed by atoms with van der Waals surface area (Å²) in [5.74, 6) is -17.7. The van der Waals surface area contributed by atoms with Crippen LogP contribution >= 0.6 is 11.8 Å². The molecule has 2 rings (SSSR count). The van der Waals surface area contributed by atoms with Crippen molar-refractivity contribution in [2.45, 2.75) is 42.6 Å². The molecule has 0 spiro atoms. The second-order valence-corrected chi connectivity index (χ2v) is 7.01. The first-order chi connectivity index (χ1) is 13.3. The highest BCUT2D eigenvalue weighted by atomic mass is 32.2. The van der Waals surface area contributed by atoms with Gasteiger partial charge in [0.15, 0.2) is 0 Å². The Morgan fingerprint density at radius 1 is 1.14 bits per heavy atom. The molecule has 2 aromatic rings. The molecular weight excluding hydrogens is 434 g/mol. The van der Waals surface area contributed by atoms with Crippen molar-refractivity contribution in [1.29, 1.82) is 0 Å². The Hall–Kier alpha value is -2.18. The van der Waals surface area contributed by atoms with Crippen LogP contribution in [-0.2, 0) is 6.54 Å². The lowest BCUT2D eigenvalue weighted by Gasteiger charge is -2.32. The fourth-order valence-electron chi connectivity index (χ4n) is 2.23. The SMILES string of the molecule is CCSc1cccnc1-c1ccn(CC(F)(F)C(F)(F)C(F)(F)C(F)F)c(=O)n1. The second-order valence-electron chi connectivity index (χ2n) is 5.71. The Morgan fingerprint density at radius 2 is 1.79 bits per heavy atom. The summed E-state index contributed by atoms with van der Waals surface area (Å²) in [4.78, 5) is 20.1. The number of pyridine rings is 1. The van der Waals surface area contributed by atoms with Gasteiger partial charge in [0.2, 0.25) is 0 Å². The molecule has 2 aromatic heterocycles. The predicted molar refractivity (Wildman–Crippen MR) is 89.0 cm³/mol. The summed E-state index contributed by atoms with van der Waals surface area (Å²) in [5, 5.41) is 0. The summed E-state index contributed by atoms with van der Waals surface area (Å²) in [5.41, 5.74) is -1.29. The number of alkyl halides is 8. The molecule has 2 heterocycles. The van der Waals surface area contributed by atoms with Crippen LogP contribution in [0.25, 0.3) is 11.4 Å². The van der Waals surface area contributed by atoms with E-state index in [1.54, 1.807) is 12.1 Å². The van der Waals surface area contributed by atoms with E-state index in [4.69, 9.17) is 0 Å². The molecule has 0 aliphatic heterocycles. The lowest BCUT2D eigenvalue weighted by Crippen LogP contribution is -2.59. The van der Waals surface area contributed by atoms with Gasteiger partial charge in [0.1, 0.15) is 5.69 Å². The quantitative estimate of drug-likeness (QED) is 0.439. The van der Waals surface area contributed by atoms with E-state index in [9.17, 15) is 39.9 Å². The number of halogens is 8. The van der Waals surface area contributed by atoms with Crippen molar-refractivity contribution in [1.82, 2.24) is 14.5 Å². The molecule has 0 aromatic carbocycles. The average Bonchev–Trinajstić information content (AvgIpc) is 2.63. The smallest absolute Gasteiger partial charge is 0.293 e. The molecule has 0 aliphatic rings. The Balaban J connectivity index is 2.38. The molecule has 160 valence electrons. The Morgan fingerprint density at radius 3 is 2.34 bits per heavy atom. The van der Waals surface area contributed by atoms with Gasteiger partial charge in [-0.05, 0) is 24.0 Å². The molecule has 0 bridgehead atoms. The summed E-state index contributed by atoms with van der Waals surface area (Å²) in [7, 11) is 0. The van der Waals surface area contributed by atoms with Crippen LogP contribution in [0.2, 0.25) is 0 Å². The normalized spacial score (nSPS) is 13.2. The first-order valence-corrected chi connectivity index (χ1v) is 8.91. The van der Waals surface area contributed by atoms with Crippen LogP contribution in [-0.4, -0.2) is 44.5 Å². The van der Waals surface area contributed by atoms with Crippen LogP contribution in [0.3, 0.4) is 0 Å². The molecule has 4 nitrogen and oxygen atoms in total. The summed E-state index contributed by atoms with van der Waals surface area (Å²) in [6.07, 6.45) is -3.02. The standard InChI is InChI=1S/C16H13F8N3OS/c1-2-29-10-4-3-6-25-11(10)9-5-7-27(13(28)26-9)8-14(19,20)16(23,24)15(21,22)12(17)18/h3-7,12H,2,8H2,1H3. The van der Waals surface area contributed by atoms with Crippen molar-refractivity contribution in [3.8, 4) is 11.4 Å². The fourth-order valence-corrected chi connectivity index (χ4v) is 3.01. The zero-order valence-corrected chi connectivity index (χ0v) is 15.4. The minimum Gasteiger partial charge on any atom is -0.293 e. The van der Waals surface area contributed by atoms with Gasteiger partial charge >= 0.3 is 29.9 Å².